The van der Waals surface area contributed by atoms with Crippen molar-refractivity contribution in [2.75, 3.05) is 19.1 Å². The lowest BCUT2D eigenvalue weighted by Crippen LogP contribution is -2.03. The molecule has 0 unspecified atom stereocenters. The van der Waals surface area contributed by atoms with Gasteiger partial charge in [-0.25, -0.2) is 0 Å². The Balaban J connectivity index is 2.59. The molecule has 0 spiro atoms. The zero-order valence-electron chi connectivity index (χ0n) is 7.42. The van der Waals surface area contributed by atoms with Crippen LogP contribution in [0, 0.1) is 0 Å². The summed E-state index contributed by atoms with van der Waals surface area (Å²) in [6.45, 7) is 2.70. The van der Waals surface area contributed by atoms with Gasteiger partial charge in [-0.3, -0.25) is 0 Å². The van der Waals surface area contributed by atoms with Gasteiger partial charge in [0.1, 0.15) is 5.75 Å². The van der Waals surface area contributed by atoms with Gasteiger partial charge in [-0.15, -0.1) is 0 Å². The zero-order valence-corrected chi connectivity index (χ0v) is 8.17. The van der Waals surface area contributed by atoms with E-state index in [0.717, 1.165) is 0 Å². The van der Waals surface area contributed by atoms with Gasteiger partial charge in [-0.1, -0.05) is 11.6 Å². The van der Waals surface area contributed by atoms with Crippen LogP contribution in [0.25, 0.3) is 0 Å². The summed E-state index contributed by atoms with van der Waals surface area (Å²) in [7, 11) is 0. The zero-order chi connectivity index (χ0) is 9.68. The molecule has 0 saturated carbocycles. The molecule has 1 aromatic carbocycles. The number of halogens is 1. The standard InChI is InChI=1S/C9H12ClNO2/c1-2-12-6-13-9-5-7(10)3-4-8(9)11/h3-5H,2,6,11H2,1H3. The van der Waals surface area contributed by atoms with Crippen LogP contribution in [-0.4, -0.2) is 13.4 Å². The highest BCUT2D eigenvalue weighted by Gasteiger charge is 2.00. The Bertz CT molecular complexity index is 278. The molecule has 0 saturated heterocycles. The van der Waals surface area contributed by atoms with Crippen molar-refractivity contribution in [1.29, 1.82) is 0 Å². The highest BCUT2D eigenvalue weighted by Crippen LogP contribution is 2.25. The molecule has 0 fully saturated rings. The minimum atomic E-state index is 0.195. The maximum absolute atomic E-state index is 5.75. The molecule has 0 radical (unpaired) electrons. The highest BCUT2D eigenvalue weighted by molar-refractivity contribution is 6.30. The van der Waals surface area contributed by atoms with Crippen LogP contribution in [0.5, 0.6) is 5.75 Å². The van der Waals surface area contributed by atoms with Gasteiger partial charge in [0.15, 0.2) is 6.79 Å². The molecular formula is C9H12ClNO2. The fraction of sp³-hybridized carbons (Fsp3) is 0.333. The number of hydrogen-bond acceptors (Lipinski definition) is 3. The summed E-state index contributed by atoms with van der Waals surface area (Å²) < 4.78 is 10.2. The first-order valence-corrected chi connectivity index (χ1v) is 4.37. The van der Waals surface area contributed by atoms with Gasteiger partial charge in [0.05, 0.1) is 5.69 Å². The normalized spacial score (nSPS) is 10.0. The Labute approximate surface area is 82.4 Å². The smallest absolute Gasteiger partial charge is 0.189 e. The van der Waals surface area contributed by atoms with Crippen molar-refractivity contribution in [2.45, 2.75) is 6.92 Å². The summed E-state index contributed by atoms with van der Waals surface area (Å²) in [6.07, 6.45) is 0. The minimum Gasteiger partial charge on any atom is -0.465 e. The number of rotatable bonds is 4. The van der Waals surface area contributed by atoms with Crippen molar-refractivity contribution in [3.63, 3.8) is 0 Å². The van der Waals surface area contributed by atoms with Crippen molar-refractivity contribution >= 4 is 17.3 Å². The summed E-state index contributed by atoms with van der Waals surface area (Å²) in [5.74, 6) is 0.556. The van der Waals surface area contributed by atoms with Crippen LogP contribution in [0.3, 0.4) is 0 Å². The number of nitrogens with two attached hydrogens (primary N) is 1. The molecule has 0 aliphatic carbocycles. The third-order valence-corrected chi connectivity index (χ3v) is 1.71. The number of hydrogen-bond donors (Lipinski definition) is 1. The molecule has 0 aliphatic heterocycles. The van der Waals surface area contributed by atoms with Gasteiger partial charge in [-0.05, 0) is 19.1 Å². The van der Waals surface area contributed by atoms with E-state index >= 15 is 0 Å². The molecule has 1 rings (SSSR count). The quantitative estimate of drug-likeness (QED) is 0.462. The average molecular weight is 202 g/mol. The molecule has 0 bridgehead atoms. The SMILES string of the molecule is CCOCOc1cc(Cl)ccc1N. The molecule has 4 heteroatoms. The molecule has 0 atom stereocenters. The molecule has 72 valence electrons. The van der Waals surface area contributed by atoms with Crippen molar-refractivity contribution < 1.29 is 9.47 Å². The van der Waals surface area contributed by atoms with Gasteiger partial charge in [-0.2, -0.15) is 0 Å². The van der Waals surface area contributed by atoms with E-state index in [1.54, 1.807) is 18.2 Å². The summed E-state index contributed by atoms with van der Waals surface area (Å²) in [5, 5.41) is 0.598. The second-order valence-corrected chi connectivity index (χ2v) is 2.87. The van der Waals surface area contributed by atoms with Crippen LogP contribution < -0.4 is 10.5 Å². The van der Waals surface area contributed by atoms with E-state index < -0.39 is 0 Å². The summed E-state index contributed by atoms with van der Waals surface area (Å²) >= 11 is 5.75. The number of ether oxygens (including phenoxy) is 2. The van der Waals surface area contributed by atoms with Crippen LogP contribution >= 0.6 is 11.6 Å². The van der Waals surface area contributed by atoms with Gasteiger partial charge >= 0.3 is 0 Å². The highest BCUT2D eigenvalue weighted by atomic mass is 35.5. The first-order valence-electron chi connectivity index (χ1n) is 3.99. The predicted octanol–water partition coefficient (Wildman–Crippen LogP) is 2.29. The Morgan fingerprint density at radius 2 is 2.23 bits per heavy atom. The van der Waals surface area contributed by atoms with Crippen LogP contribution in [-0.2, 0) is 4.74 Å². The van der Waals surface area contributed by atoms with E-state index in [4.69, 9.17) is 26.8 Å². The summed E-state index contributed by atoms with van der Waals surface area (Å²) in [4.78, 5) is 0. The van der Waals surface area contributed by atoms with E-state index in [2.05, 4.69) is 0 Å². The number of anilines is 1. The lowest BCUT2D eigenvalue weighted by atomic mass is 10.3. The maximum atomic E-state index is 5.75. The molecule has 0 aliphatic rings. The van der Waals surface area contributed by atoms with Crippen molar-refractivity contribution in [1.82, 2.24) is 0 Å². The second-order valence-electron chi connectivity index (χ2n) is 2.44. The summed E-state index contributed by atoms with van der Waals surface area (Å²) in [6, 6.07) is 5.07. The van der Waals surface area contributed by atoms with E-state index in [0.29, 0.717) is 23.1 Å². The fourth-order valence-corrected chi connectivity index (χ4v) is 0.984. The van der Waals surface area contributed by atoms with E-state index in [9.17, 15) is 0 Å². The average Bonchev–Trinajstić information content (AvgIpc) is 2.11. The van der Waals surface area contributed by atoms with Crippen molar-refractivity contribution in [2.24, 2.45) is 0 Å². The Morgan fingerprint density at radius 3 is 2.92 bits per heavy atom. The van der Waals surface area contributed by atoms with E-state index in [1.165, 1.54) is 0 Å². The lowest BCUT2D eigenvalue weighted by molar-refractivity contribution is 0.0229. The number of nitrogen functional groups attached to an aromatic ring is 1. The Hall–Kier alpha value is -0.930. The Morgan fingerprint density at radius 1 is 1.46 bits per heavy atom. The predicted molar refractivity (Wildman–Crippen MR) is 53.0 cm³/mol. The molecule has 3 nitrogen and oxygen atoms in total. The molecule has 0 aromatic heterocycles. The fourth-order valence-electron chi connectivity index (χ4n) is 0.822. The molecule has 0 amide bonds. The minimum absolute atomic E-state index is 0.195. The molecule has 0 heterocycles. The molecular weight excluding hydrogens is 190 g/mol. The lowest BCUT2D eigenvalue weighted by Gasteiger charge is -2.08. The third-order valence-electron chi connectivity index (χ3n) is 1.48. The van der Waals surface area contributed by atoms with Crippen molar-refractivity contribution in [3.05, 3.63) is 23.2 Å². The van der Waals surface area contributed by atoms with Crippen LogP contribution in [0.1, 0.15) is 6.92 Å². The first-order chi connectivity index (χ1) is 6.24. The maximum Gasteiger partial charge on any atom is 0.189 e. The van der Waals surface area contributed by atoms with Gasteiger partial charge in [0.25, 0.3) is 0 Å². The molecule has 13 heavy (non-hydrogen) atoms. The molecule has 1 aromatic rings. The van der Waals surface area contributed by atoms with Gasteiger partial charge < -0.3 is 15.2 Å². The number of benzene rings is 1. The summed E-state index contributed by atoms with van der Waals surface area (Å²) in [5.41, 5.74) is 6.19. The second kappa shape index (κ2) is 4.94. The van der Waals surface area contributed by atoms with Gasteiger partial charge in [0, 0.05) is 17.7 Å². The van der Waals surface area contributed by atoms with E-state index in [-0.39, 0.29) is 6.79 Å². The van der Waals surface area contributed by atoms with E-state index in [1.807, 2.05) is 6.92 Å². The van der Waals surface area contributed by atoms with Crippen molar-refractivity contribution in [3.8, 4) is 5.75 Å². The topological polar surface area (TPSA) is 44.5 Å². The van der Waals surface area contributed by atoms with Gasteiger partial charge in [0.2, 0.25) is 0 Å². The largest absolute Gasteiger partial charge is 0.465 e. The first kappa shape index (κ1) is 10.2. The van der Waals surface area contributed by atoms with Crippen LogP contribution in [0.15, 0.2) is 18.2 Å². The molecule has 2 N–H and O–H groups in total. The Kier molecular flexibility index (Phi) is 3.86. The monoisotopic (exact) mass is 201 g/mol. The third kappa shape index (κ3) is 3.13. The van der Waals surface area contributed by atoms with Crippen LogP contribution in [0.4, 0.5) is 5.69 Å². The van der Waals surface area contributed by atoms with Crippen LogP contribution in [0.2, 0.25) is 5.02 Å².